The molecule has 7 unspecified atom stereocenters. The summed E-state index contributed by atoms with van der Waals surface area (Å²) in [7, 11) is 0. The number of hydrogen-bond acceptors (Lipinski definition) is 11. The van der Waals surface area contributed by atoms with Gasteiger partial charge in [0.1, 0.15) is 18.1 Å². The molecule has 12 heteroatoms. The van der Waals surface area contributed by atoms with E-state index in [0.29, 0.717) is 61.9 Å². The van der Waals surface area contributed by atoms with Gasteiger partial charge in [-0.05, 0) is 105 Å². The summed E-state index contributed by atoms with van der Waals surface area (Å²) in [5.41, 5.74) is 0.120. The molecule has 268 valence electrons. The molecule has 3 aliphatic rings. The first-order valence-corrected chi connectivity index (χ1v) is 18.6. The Kier molecular flexibility index (Phi) is 14.8. The molecule has 5 rings (SSSR count). The monoisotopic (exact) mass is 700 g/mol. The summed E-state index contributed by atoms with van der Waals surface area (Å²) in [6.45, 7) is 1.21. The van der Waals surface area contributed by atoms with Crippen LogP contribution in [0.2, 0.25) is 0 Å². The van der Waals surface area contributed by atoms with Crippen molar-refractivity contribution in [2.75, 3.05) is 31.3 Å². The molecule has 1 saturated carbocycles. The second kappa shape index (κ2) is 19.4. The highest BCUT2D eigenvalue weighted by Gasteiger charge is 2.50. The second-order valence-electron chi connectivity index (χ2n) is 12.7. The van der Waals surface area contributed by atoms with Crippen LogP contribution in [-0.4, -0.2) is 90.2 Å². The molecule has 7 atom stereocenters. The number of rotatable bonds is 18. The molecular formula is C37H48O11S. The fraction of sp³-hybridized carbons (Fsp3) is 0.595. The Hall–Kier alpha value is -3.00. The Bertz CT molecular complexity index is 1310. The Morgan fingerprint density at radius 2 is 1.59 bits per heavy atom. The topological polar surface area (TPSA) is 147 Å². The minimum Gasteiger partial charge on any atom is -0.490 e. The van der Waals surface area contributed by atoms with Crippen LogP contribution in [0, 0.1) is 11.8 Å². The highest BCUT2D eigenvalue weighted by Crippen LogP contribution is 2.40. The number of aliphatic hydroxyl groups is 1. The summed E-state index contributed by atoms with van der Waals surface area (Å²) in [6.07, 6.45) is 3.96. The van der Waals surface area contributed by atoms with Crippen molar-refractivity contribution in [3.8, 4) is 11.5 Å². The third-order valence-corrected chi connectivity index (χ3v) is 10.2. The summed E-state index contributed by atoms with van der Waals surface area (Å²) < 4.78 is 35.8. The predicted octanol–water partition coefficient (Wildman–Crippen LogP) is 5.66. The molecule has 0 amide bonds. The first-order chi connectivity index (χ1) is 23.9. The minimum absolute atomic E-state index is 0.0171. The first-order valence-electron chi connectivity index (χ1n) is 17.4. The smallest absolute Gasteiger partial charge is 0.335 e. The highest BCUT2D eigenvalue weighted by atomic mass is 32.2. The molecule has 2 aromatic carbocycles. The molecule has 49 heavy (non-hydrogen) atoms. The van der Waals surface area contributed by atoms with E-state index in [1.54, 1.807) is 11.8 Å². The van der Waals surface area contributed by atoms with Crippen molar-refractivity contribution < 1.29 is 53.0 Å². The third-order valence-electron chi connectivity index (χ3n) is 9.14. The van der Waals surface area contributed by atoms with Crippen LogP contribution >= 0.6 is 11.8 Å². The van der Waals surface area contributed by atoms with Crippen LogP contribution in [0.4, 0.5) is 0 Å². The molecule has 0 spiro atoms. The molecule has 3 fully saturated rings. The molecular weight excluding hydrogens is 652 g/mol. The molecule has 2 N–H and O–H groups in total. The van der Waals surface area contributed by atoms with Crippen LogP contribution in [0.15, 0.2) is 54.6 Å². The standard InChI is InChI=1S/C37H48O11S/c38-29-23-30(47-33-12-4-6-19-43-33)35(36(40)31(48-34-13-5-7-20-44-34)24-45-26-9-2-1-3-10-26)28(29)18-22-49-21-8-11-32(39)46-27-16-14-25(15-17-27)37(41)42/h1-3,9-10,14-17,28-31,33-35,38H,4-8,11-13,18-24H2,(H,41,42). The summed E-state index contributed by atoms with van der Waals surface area (Å²) in [6, 6.07) is 15.0. The first kappa shape index (κ1) is 37.3. The molecule has 2 aliphatic heterocycles. The molecule has 2 aromatic rings. The van der Waals surface area contributed by atoms with Crippen LogP contribution in [-0.2, 0) is 28.5 Å². The number of ketones is 1. The average molecular weight is 701 g/mol. The van der Waals surface area contributed by atoms with Crippen molar-refractivity contribution in [1.29, 1.82) is 0 Å². The second-order valence-corrected chi connectivity index (χ2v) is 13.9. The number of carboxylic acid groups (broad SMARTS) is 1. The van der Waals surface area contributed by atoms with E-state index >= 15 is 0 Å². The maximum Gasteiger partial charge on any atom is 0.335 e. The SMILES string of the molecule is O=C(CCCSCCC1C(O)CC(OC2CCCCO2)C1C(=O)C(COc1ccccc1)OC1CCCCO1)Oc1ccc(C(=O)O)cc1. The lowest BCUT2D eigenvalue weighted by Gasteiger charge is -2.33. The maximum atomic E-state index is 14.5. The summed E-state index contributed by atoms with van der Waals surface area (Å²) in [5, 5.41) is 20.3. The van der Waals surface area contributed by atoms with Crippen LogP contribution in [0.3, 0.4) is 0 Å². The third kappa shape index (κ3) is 11.5. The molecule has 2 heterocycles. The number of aliphatic hydroxyl groups excluding tert-OH is 1. The van der Waals surface area contributed by atoms with E-state index in [2.05, 4.69) is 0 Å². The van der Waals surface area contributed by atoms with Gasteiger partial charge in [-0.3, -0.25) is 9.59 Å². The van der Waals surface area contributed by atoms with E-state index in [1.807, 2.05) is 30.3 Å². The van der Waals surface area contributed by atoms with Crippen molar-refractivity contribution in [3.63, 3.8) is 0 Å². The number of carbonyl (C=O) groups is 3. The normalized spacial score (nSPS) is 26.1. The lowest BCUT2D eigenvalue weighted by atomic mass is 9.85. The van der Waals surface area contributed by atoms with Gasteiger partial charge in [-0.1, -0.05) is 18.2 Å². The minimum atomic E-state index is -1.05. The van der Waals surface area contributed by atoms with E-state index < -0.39 is 48.7 Å². The van der Waals surface area contributed by atoms with Gasteiger partial charge in [0.15, 0.2) is 24.5 Å². The van der Waals surface area contributed by atoms with Crippen molar-refractivity contribution in [2.45, 2.75) is 95.1 Å². The van der Waals surface area contributed by atoms with Crippen LogP contribution < -0.4 is 9.47 Å². The van der Waals surface area contributed by atoms with Gasteiger partial charge < -0.3 is 38.6 Å². The van der Waals surface area contributed by atoms with Gasteiger partial charge in [0.05, 0.1) is 23.7 Å². The number of Topliss-reactive ketones (excluding diaryl/α,β-unsaturated/α-hetero) is 1. The molecule has 0 bridgehead atoms. The zero-order valence-electron chi connectivity index (χ0n) is 27.8. The average Bonchev–Trinajstić information content (AvgIpc) is 3.42. The van der Waals surface area contributed by atoms with Crippen molar-refractivity contribution in [2.24, 2.45) is 11.8 Å². The van der Waals surface area contributed by atoms with Crippen molar-refractivity contribution in [3.05, 3.63) is 60.2 Å². The molecule has 1 aliphatic carbocycles. The predicted molar refractivity (Wildman–Crippen MR) is 182 cm³/mol. The number of hydrogen-bond donors (Lipinski definition) is 2. The van der Waals surface area contributed by atoms with Gasteiger partial charge in [0, 0.05) is 26.1 Å². The van der Waals surface area contributed by atoms with E-state index in [-0.39, 0.29) is 30.3 Å². The molecule has 0 radical (unpaired) electrons. The van der Waals surface area contributed by atoms with E-state index in [9.17, 15) is 19.5 Å². The number of benzene rings is 2. The summed E-state index contributed by atoms with van der Waals surface area (Å²) >= 11 is 1.65. The van der Waals surface area contributed by atoms with Gasteiger partial charge >= 0.3 is 11.9 Å². The van der Waals surface area contributed by atoms with Crippen molar-refractivity contribution >= 4 is 29.5 Å². The lowest BCUT2D eigenvalue weighted by Crippen LogP contribution is -2.45. The highest BCUT2D eigenvalue weighted by molar-refractivity contribution is 7.99. The fourth-order valence-corrected chi connectivity index (χ4v) is 7.57. The van der Waals surface area contributed by atoms with Crippen molar-refractivity contribution in [1.82, 2.24) is 0 Å². The number of carbonyl (C=O) groups excluding carboxylic acids is 2. The van der Waals surface area contributed by atoms with Gasteiger partial charge in [0.25, 0.3) is 0 Å². The Morgan fingerprint density at radius 3 is 2.27 bits per heavy atom. The van der Waals surface area contributed by atoms with E-state index in [1.165, 1.54) is 24.3 Å². The van der Waals surface area contributed by atoms with Gasteiger partial charge in [-0.25, -0.2) is 4.79 Å². The zero-order valence-corrected chi connectivity index (χ0v) is 28.6. The summed E-state index contributed by atoms with van der Waals surface area (Å²) in [5.74, 6) is -0.239. The number of para-hydroxylation sites is 1. The number of aromatic carboxylic acids is 1. The van der Waals surface area contributed by atoms with Gasteiger partial charge in [-0.15, -0.1) is 0 Å². The number of thioether (sulfide) groups is 1. The van der Waals surface area contributed by atoms with Crippen LogP contribution in [0.25, 0.3) is 0 Å². The van der Waals surface area contributed by atoms with E-state index in [4.69, 9.17) is 33.5 Å². The fourth-order valence-electron chi connectivity index (χ4n) is 6.58. The van der Waals surface area contributed by atoms with Gasteiger partial charge in [-0.2, -0.15) is 11.8 Å². The van der Waals surface area contributed by atoms with Gasteiger partial charge in [0.2, 0.25) is 0 Å². The number of esters is 1. The van der Waals surface area contributed by atoms with Crippen LogP contribution in [0.5, 0.6) is 11.5 Å². The quantitative estimate of drug-likeness (QED) is 0.112. The Balaban J connectivity index is 1.18. The Labute approximate surface area is 291 Å². The number of ether oxygens (including phenoxy) is 6. The zero-order chi connectivity index (χ0) is 34.4. The molecule has 11 nitrogen and oxygen atoms in total. The largest absolute Gasteiger partial charge is 0.490 e. The molecule has 2 saturated heterocycles. The number of carboxylic acids is 1. The maximum absolute atomic E-state index is 14.5. The molecule has 0 aromatic heterocycles. The van der Waals surface area contributed by atoms with Crippen LogP contribution in [0.1, 0.15) is 74.6 Å². The summed E-state index contributed by atoms with van der Waals surface area (Å²) in [4.78, 5) is 37.8. The lowest BCUT2D eigenvalue weighted by molar-refractivity contribution is -0.209. The Morgan fingerprint density at radius 1 is 0.878 bits per heavy atom. The van der Waals surface area contributed by atoms with E-state index in [0.717, 1.165) is 32.1 Å².